The molecule has 0 aliphatic carbocycles. The van der Waals surface area contributed by atoms with Crippen LogP contribution in [0.1, 0.15) is 12.0 Å². The molecule has 2 aromatic carbocycles. The smallest absolute Gasteiger partial charge is 0.0367 e. The van der Waals surface area contributed by atoms with Gasteiger partial charge in [0.1, 0.15) is 0 Å². The van der Waals surface area contributed by atoms with Gasteiger partial charge in [-0.15, -0.1) is 0 Å². The Morgan fingerprint density at radius 1 is 0.783 bits per heavy atom. The van der Waals surface area contributed by atoms with Crippen LogP contribution < -0.4 is 10.2 Å². The van der Waals surface area contributed by atoms with Gasteiger partial charge in [0.2, 0.25) is 0 Å². The van der Waals surface area contributed by atoms with E-state index in [9.17, 15) is 0 Å². The Morgan fingerprint density at radius 3 is 2.13 bits per heavy atom. The summed E-state index contributed by atoms with van der Waals surface area (Å²) in [6.07, 6.45) is 1.22. The Hall–Kier alpha value is -1.84. The van der Waals surface area contributed by atoms with Crippen LogP contribution in [0, 0.1) is 0 Å². The highest BCUT2D eigenvalue weighted by Crippen LogP contribution is 2.15. The lowest BCUT2D eigenvalue weighted by Gasteiger charge is -2.36. The van der Waals surface area contributed by atoms with E-state index in [4.69, 9.17) is 0 Å². The molecule has 1 aliphatic heterocycles. The molecule has 3 heteroatoms. The minimum absolute atomic E-state index is 0.975. The number of nitrogens with zero attached hydrogens (tertiary/aromatic N) is 2. The highest BCUT2D eigenvalue weighted by Gasteiger charge is 2.16. The lowest BCUT2D eigenvalue weighted by Crippen LogP contribution is -2.46. The van der Waals surface area contributed by atoms with Crippen LogP contribution >= 0.6 is 0 Å². The third-order valence-electron chi connectivity index (χ3n) is 4.49. The number of hydrogen-bond donors (Lipinski definition) is 1. The van der Waals surface area contributed by atoms with Crippen LogP contribution in [0.15, 0.2) is 60.7 Å². The Morgan fingerprint density at radius 2 is 1.43 bits per heavy atom. The summed E-state index contributed by atoms with van der Waals surface area (Å²) in [6, 6.07) is 21.4. The Labute approximate surface area is 139 Å². The van der Waals surface area contributed by atoms with Crippen LogP contribution in [0.25, 0.3) is 0 Å². The van der Waals surface area contributed by atoms with Gasteiger partial charge in [-0.2, -0.15) is 0 Å². The van der Waals surface area contributed by atoms with E-state index in [1.54, 1.807) is 0 Å². The first-order chi connectivity index (χ1) is 11.4. The number of hydrogen-bond acceptors (Lipinski definition) is 3. The Balaban J connectivity index is 1.29. The molecule has 0 bridgehead atoms. The lowest BCUT2D eigenvalue weighted by atomic mass is 10.2. The van der Waals surface area contributed by atoms with E-state index >= 15 is 0 Å². The third-order valence-corrected chi connectivity index (χ3v) is 4.49. The van der Waals surface area contributed by atoms with Crippen LogP contribution in [-0.2, 0) is 6.54 Å². The zero-order valence-electron chi connectivity index (χ0n) is 13.8. The average molecular weight is 309 g/mol. The minimum Gasteiger partial charge on any atom is -0.369 e. The summed E-state index contributed by atoms with van der Waals surface area (Å²) in [5.74, 6) is 0. The fraction of sp³-hybridized carbons (Fsp3) is 0.400. The molecule has 0 unspecified atom stereocenters. The molecule has 2 aromatic rings. The molecule has 0 radical (unpaired) electrons. The summed E-state index contributed by atoms with van der Waals surface area (Å²) in [5.41, 5.74) is 2.72. The second-order valence-corrected chi connectivity index (χ2v) is 6.18. The van der Waals surface area contributed by atoms with E-state index in [1.807, 2.05) is 0 Å². The number of anilines is 1. The van der Waals surface area contributed by atoms with Gasteiger partial charge in [0.15, 0.2) is 0 Å². The molecule has 0 spiro atoms. The first-order valence-corrected chi connectivity index (χ1v) is 8.69. The molecule has 1 heterocycles. The highest BCUT2D eigenvalue weighted by molar-refractivity contribution is 5.46. The molecule has 23 heavy (non-hydrogen) atoms. The maximum atomic E-state index is 3.54. The van der Waals surface area contributed by atoms with Crippen molar-refractivity contribution in [2.75, 3.05) is 44.2 Å². The van der Waals surface area contributed by atoms with Crippen molar-refractivity contribution in [3.8, 4) is 0 Å². The molecule has 0 atom stereocenters. The number of benzene rings is 2. The number of rotatable bonds is 7. The van der Waals surface area contributed by atoms with Gasteiger partial charge < -0.3 is 10.2 Å². The van der Waals surface area contributed by atoms with Gasteiger partial charge in [-0.25, -0.2) is 0 Å². The van der Waals surface area contributed by atoms with Crippen LogP contribution in [-0.4, -0.2) is 44.2 Å². The van der Waals surface area contributed by atoms with Crippen molar-refractivity contribution in [3.63, 3.8) is 0 Å². The molecule has 3 nitrogen and oxygen atoms in total. The van der Waals surface area contributed by atoms with Crippen molar-refractivity contribution in [3.05, 3.63) is 66.2 Å². The van der Waals surface area contributed by atoms with Gasteiger partial charge in [-0.1, -0.05) is 48.5 Å². The van der Waals surface area contributed by atoms with Crippen molar-refractivity contribution >= 4 is 5.69 Å². The molecule has 1 fully saturated rings. The second kappa shape index (κ2) is 8.70. The molecular formula is C20H27N3. The first kappa shape index (κ1) is 16.0. The summed E-state index contributed by atoms with van der Waals surface area (Å²) in [6.45, 7) is 7.89. The molecule has 1 aliphatic rings. The van der Waals surface area contributed by atoms with Crippen LogP contribution in [0.3, 0.4) is 0 Å². The molecule has 122 valence electrons. The Bertz CT molecular complexity index is 548. The molecule has 1 N–H and O–H groups in total. The molecule has 0 saturated carbocycles. The van der Waals surface area contributed by atoms with Crippen molar-refractivity contribution < 1.29 is 0 Å². The van der Waals surface area contributed by atoms with E-state index in [2.05, 4.69) is 75.8 Å². The van der Waals surface area contributed by atoms with E-state index in [0.717, 1.165) is 26.2 Å². The predicted molar refractivity (Wildman–Crippen MR) is 97.9 cm³/mol. The lowest BCUT2D eigenvalue weighted by molar-refractivity contribution is 0.254. The summed E-state index contributed by atoms with van der Waals surface area (Å²) in [7, 11) is 0. The predicted octanol–water partition coefficient (Wildman–Crippen LogP) is 2.99. The number of piperazine rings is 1. The van der Waals surface area contributed by atoms with Gasteiger partial charge >= 0.3 is 0 Å². The van der Waals surface area contributed by atoms with Gasteiger partial charge in [0, 0.05) is 38.4 Å². The van der Waals surface area contributed by atoms with Gasteiger partial charge in [0.05, 0.1) is 0 Å². The maximum Gasteiger partial charge on any atom is 0.0367 e. The quantitative estimate of drug-likeness (QED) is 0.793. The standard InChI is InChI=1S/C20H27N3/c1-3-8-19(9-4-1)18-21-12-7-13-22-14-16-23(17-15-22)20-10-5-2-6-11-20/h1-6,8-11,21H,7,12-18H2. The first-order valence-electron chi connectivity index (χ1n) is 8.69. The zero-order valence-corrected chi connectivity index (χ0v) is 13.8. The van der Waals surface area contributed by atoms with Gasteiger partial charge in [-0.05, 0) is 37.2 Å². The van der Waals surface area contributed by atoms with E-state index < -0.39 is 0 Å². The summed E-state index contributed by atoms with van der Waals surface area (Å²) >= 11 is 0. The summed E-state index contributed by atoms with van der Waals surface area (Å²) in [4.78, 5) is 5.08. The van der Waals surface area contributed by atoms with E-state index in [1.165, 1.54) is 37.3 Å². The van der Waals surface area contributed by atoms with Crippen molar-refractivity contribution in [1.82, 2.24) is 10.2 Å². The largest absolute Gasteiger partial charge is 0.369 e. The molecule has 1 saturated heterocycles. The van der Waals surface area contributed by atoms with Gasteiger partial charge in [-0.3, -0.25) is 4.90 Å². The highest BCUT2D eigenvalue weighted by atomic mass is 15.3. The van der Waals surface area contributed by atoms with Gasteiger partial charge in [0.25, 0.3) is 0 Å². The normalized spacial score (nSPS) is 15.7. The fourth-order valence-corrected chi connectivity index (χ4v) is 3.12. The van der Waals surface area contributed by atoms with Crippen LogP contribution in [0.2, 0.25) is 0 Å². The van der Waals surface area contributed by atoms with E-state index in [-0.39, 0.29) is 0 Å². The van der Waals surface area contributed by atoms with Crippen molar-refractivity contribution in [2.45, 2.75) is 13.0 Å². The summed E-state index contributed by atoms with van der Waals surface area (Å²) in [5, 5.41) is 3.54. The SMILES string of the molecule is c1ccc(CNCCCN2CCN(c3ccccc3)CC2)cc1. The second-order valence-electron chi connectivity index (χ2n) is 6.18. The molecular weight excluding hydrogens is 282 g/mol. The molecule has 3 rings (SSSR count). The minimum atomic E-state index is 0.975. The van der Waals surface area contributed by atoms with Crippen LogP contribution in [0.5, 0.6) is 0 Å². The van der Waals surface area contributed by atoms with E-state index in [0.29, 0.717) is 0 Å². The Kier molecular flexibility index (Phi) is 6.07. The zero-order chi connectivity index (χ0) is 15.7. The average Bonchev–Trinajstić information content (AvgIpc) is 2.64. The van der Waals surface area contributed by atoms with Crippen LogP contribution in [0.4, 0.5) is 5.69 Å². The van der Waals surface area contributed by atoms with Crippen molar-refractivity contribution in [1.29, 1.82) is 0 Å². The number of nitrogens with one attached hydrogen (secondary N) is 1. The topological polar surface area (TPSA) is 18.5 Å². The maximum absolute atomic E-state index is 3.54. The summed E-state index contributed by atoms with van der Waals surface area (Å²) < 4.78 is 0. The fourth-order valence-electron chi connectivity index (χ4n) is 3.12. The third kappa shape index (κ3) is 5.08. The molecule has 0 amide bonds. The molecule has 0 aromatic heterocycles. The monoisotopic (exact) mass is 309 g/mol. The van der Waals surface area contributed by atoms with Crippen molar-refractivity contribution in [2.24, 2.45) is 0 Å². The number of para-hydroxylation sites is 1.